The van der Waals surface area contributed by atoms with Crippen LogP contribution in [0.25, 0.3) is 0 Å². The van der Waals surface area contributed by atoms with Gasteiger partial charge in [-0.05, 0) is 24.7 Å². The van der Waals surface area contributed by atoms with Crippen molar-refractivity contribution in [2.75, 3.05) is 18.9 Å². The van der Waals surface area contributed by atoms with E-state index in [-0.39, 0.29) is 0 Å². The quantitative estimate of drug-likeness (QED) is 0.764. The van der Waals surface area contributed by atoms with E-state index >= 15 is 0 Å². The minimum Gasteiger partial charge on any atom is -0.301 e. The lowest BCUT2D eigenvalue weighted by Gasteiger charge is -2.15. The maximum atomic E-state index is 5.91. The summed E-state index contributed by atoms with van der Waals surface area (Å²) in [4.78, 5) is 2.22. The van der Waals surface area contributed by atoms with Gasteiger partial charge in [0.1, 0.15) is 0 Å². The molecular formula is C10H12BrCl2N. The van der Waals surface area contributed by atoms with Gasteiger partial charge in [-0.3, -0.25) is 0 Å². The fourth-order valence-corrected chi connectivity index (χ4v) is 2.10. The van der Waals surface area contributed by atoms with Crippen molar-refractivity contribution in [3.05, 3.63) is 33.8 Å². The monoisotopic (exact) mass is 295 g/mol. The Labute approximate surface area is 103 Å². The van der Waals surface area contributed by atoms with E-state index in [1.54, 1.807) is 0 Å². The summed E-state index contributed by atoms with van der Waals surface area (Å²) in [5.74, 6) is 0. The highest BCUT2D eigenvalue weighted by Crippen LogP contribution is 2.22. The van der Waals surface area contributed by atoms with E-state index in [2.05, 4.69) is 27.9 Å². The summed E-state index contributed by atoms with van der Waals surface area (Å²) in [6.45, 7) is 1.91. The van der Waals surface area contributed by atoms with Crippen LogP contribution in [-0.2, 0) is 6.54 Å². The predicted molar refractivity (Wildman–Crippen MR) is 66.6 cm³/mol. The highest BCUT2D eigenvalue weighted by Gasteiger charge is 2.02. The highest BCUT2D eigenvalue weighted by molar-refractivity contribution is 9.09. The first kappa shape index (κ1) is 12.3. The SMILES string of the molecule is CN(CCBr)Cc1ccc(Cl)c(Cl)c1. The van der Waals surface area contributed by atoms with Crippen molar-refractivity contribution in [1.82, 2.24) is 4.90 Å². The third-order valence-corrected chi connectivity index (χ3v) is 3.00. The number of alkyl halides is 1. The molecule has 14 heavy (non-hydrogen) atoms. The van der Waals surface area contributed by atoms with Crippen LogP contribution in [0.2, 0.25) is 10.0 Å². The fourth-order valence-electron chi connectivity index (χ4n) is 1.17. The highest BCUT2D eigenvalue weighted by atomic mass is 79.9. The van der Waals surface area contributed by atoms with E-state index in [1.807, 2.05) is 18.2 Å². The lowest BCUT2D eigenvalue weighted by Crippen LogP contribution is -2.19. The molecule has 0 fully saturated rings. The van der Waals surface area contributed by atoms with E-state index in [1.165, 1.54) is 5.56 Å². The van der Waals surface area contributed by atoms with Gasteiger partial charge >= 0.3 is 0 Å². The van der Waals surface area contributed by atoms with Crippen LogP contribution in [0.3, 0.4) is 0 Å². The van der Waals surface area contributed by atoms with Crippen LogP contribution >= 0.6 is 39.1 Å². The lowest BCUT2D eigenvalue weighted by molar-refractivity contribution is 0.349. The van der Waals surface area contributed by atoms with Gasteiger partial charge in [0, 0.05) is 18.4 Å². The molecule has 0 saturated carbocycles. The molecule has 0 aliphatic carbocycles. The number of nitrogens with zero attached hydrogens (tertiary/aromatic N) is 1. The Bertz CT molecular complexity index is 304. The second-order valence-corrected chi connectivity index (χ2v) is 4.78. The average Bonchev–Trinajstić information content (AvgIpc) is 2.12. The molecule has 1 aromatic carbocycles. The molecule has 1 rings (SSSR count). The average molecular weight is 297 g/mol. The first-order chi connectivity index (χ1) is 6.63. The molecule has 78 valence electrons. The zero-order valence-electron chi connectivity index (χ0n) is 7.93. The standard InChI is InChI=1S/C10H12BrCl2N/c1-14(5-4-11)7-8-2-3-9(12)10(13)6-8/h2-3,6H,4-5,7H2,1H3. The first-order valence-electron chi connectivity index (χ1n) is 4.32. The summed E-state index contributed by atoms with van der Waals surface area (Å²) in [5, 5.41) is 2.21. The zero-order chi connectivity index (χ0) is 10.6. The molecule has 0 aliphatic heterocycles. The molecule has 0 atom stereocenters. The van der Waals surface area contributed by atoms with Crippen LogP contribution < -0.4 is 0 Å². The van der Waals surface area contributed by atoms with Crippen molar-refractivity contribution in [3.63, 3.8) is 0 Å². The Morgan fingerprint density at radius 2 is 2.00 bits per heavy atom. The number of halogens is 3. The number of hydrogen-bond acceptors (Lipinski definition) is 1. The molecule has 0 spiro atoms. The number of benzene rings is 1. The van der Waals surface area contributed by atoms with Crippen molar-refractivity contribution in [3.8, 4) is 0 Å². The molecule has 0 saturated heterocycles. The molecule has 1 aromatic rings. The van der Waals surface area contributed by atoms with Gasteiger partial charge in [0.15, 0.2) is 0 Å². The van der Waals surface area contributed by atoms with Crippen molar-refractivity contribution in [1.29, 1.82) is 0 Å². The first-order valence-corrected chi connectivity index (χ1v) is 6.19. The Balaban J connectivity index is 2.63. The van der Waals surface area contributed by atoms with E-state index < -0.39 is 0 Å². The van der Waals surface area contributed by atoms with Crippen LogP contribution in [-0.4, -0.2) is 23.8 Å². The Morgan fingerprint density at radius 3 is 2.57 bits per heavy atom. The Kier molecular flexibility index (Phi) is 5.24. The minimum absolute atomic E-state index is 0.610. The van der Waals surface area contributed by atoms with Gasteiger partial charge in [0.25, 0.3) is 0 Å². The topological polar surface area (TPSA) is 3.24 Å². The summed E-state index contributed by atoms with van der Waals surface area (Å²) >= 11 is 15.1. The smallest absolute Gasteiger partial charge is 0.0595 e. The lowest BCUT2D eigenvalue weighted by atomic mass is 10.2. The van der Waals surface area contributed by atoms with Gasteiger partial charge in [-0.2, -0.15) is 0 Å². The zero-order valence-corrected chi connectivity index (χ0v) is 11.0. The van der Waals surface area contributed by atoms with E-state index in [0.29, 0.717) is 10.0 Å². The maximum absolute atomic E-state index is 5.91. The van der Waals surface area contributed by atoms with Crippen LogP contribution in [0, 0.1) is 0 Å². The largest absolute Gasteiger partial charge is 0.301 e. The molecule has 0 heterocycles. The predicted octanol–water partition coefficient (Wildman–Crippen LogP) is 3.82. The van der Waals surface area contributed by atoms with E-state index in [0.717, 1.165) is 18.4 Å². The molecule has 0 amide bonds. The second kappa shape index (κ2) is 5.96. The van der Waals surface area contributed by atoms with Crippen molar-refractivity contribution in [2.24, 2.45) is 0 Å². The minimum atomic E-state index is 0.610. The van der Waals surface area contributed by atoms with Crippen LogP contribution in [0.4, 0.5) is 0 Å². The van der Waals surface area contributed by atoms with Gasteiger partial charge in [-0.1, -0.05) is 45.2 Å². The fraction of sp³-hybridized carbons (Fsp3) is 0.400. The normalized spacial score (nSPS) is 10.9. The molecular weight excluding hydrogens is 285 g/mol. The van der Waals surface area contributed by atoms with Crippen LogP contribution in [0.1, 0.15) is 5.56 Å². The molecule has 0 aromatic heterocycles. The van der Waals surface area contributed by atoms with Gasteiger partial charge < -0.3 is 4.90 Å². The third kappa shape index (κ3) is 3.77. The summed E-state index contributed by atoms with van der Waals surface area (Å²) in [6.07, 6.45) is 0. The van der Waals surface area contributed by atoms with Crippen molar-refractivity contribution >= 4 is 39.1 Å². The summed E-state index contributed by atoms with van der Waals surface area (Å²) in [7, 11) is 2.07. The number of rotatable bonds is 4. The van der Waals surface area contributed by atoms with Gasteiger partial charge in [-0.25, -0.2) is 0 Å². The van der Waals surface area contributed by atoms with Gasteiger partial charge in [0.2, 0.25) is 0 Å². The second-order valence-electron chi connectivity index (χ2n) is 3.18. The van der Waals surface area contributed by atoms with Crippen LogP contribution in [0.15, 0.2) is 18.2 Å². The summed E-state index contributed by atoms with van der Waals surface area (Å²) in [5.41, 5.74) is 1.18. The molecule has 0 bridgehead atoms. The molecule has 1 nitrogen and oxygen atoms in total. The van der Waals surface area contributed by atoms with E-state index in [4.69, 9.17) is 23.2 Å². The summed E-state index contributed by atoms with van der Waals surface area (Å²) in [6, 6.07) is 5.74. The maximum Gasteiger partial charge on any atom is 0.0595 e. The Hall–Kier alpha value is 0.240. The third-order valence-electron chi connectivity index (χ3n) is 1.90. The molecule has 0 radical (unpaired) electrons. The van der Waals surface area contributed by atoms with Crippen molar-refractivity contribution < 1.29 is 0 Å². The molecule has 0 aliphatic rings. The van der Waals surface area contributed by atoms with Gasteiger partial charge in [-0.15, -0.1) is 0 Å². The molecule has 0 N–H and O–H groups in total. The van der Waals surface area contributed by atoms with Crippen LogP contribution in [0.5, 0.6) is 0 Å². The molecule has 4 heteroatoms. The van der Waals surface area contributed by atoms with Gasteiger partial charge in [0.05, 0.1) is 10.0 Å². The van der Waals surface area contributed by atoms with E-state index in [9.17, 15) is 0 Å². The number of hydrogen-bond donors (Lipinski definition) is 0. The summed E-state index contributed by atoms with van der Waals surface area (Å²) < 4.78 is 0. The molecule has 0 unspecified atom stereocenters. The Morgan fingerprint density at radius 1 is 1.29 bits per heavy atom. The van der Waals surface area contributed by atoms with Crippen molar-refractivity contribution in [2.45, 2.75) is 6.54 Å².